The molecule has 1 aliphatic heterocycles. The molecular formula is C16H25NO3S. The Labute approximate surface area is 131 Å². The van der Waals surface area contributed by atoms with Gasteiger partial charge in [0, 0.05) is 16.6 Å². The van der Waals surface area contributed by atoms with Gasteiger partial charge in [0.2, 0.25) is 6.10 Å². The molecule has 2 rings (SSSR count). The molecule has 0 amide bonds. The summed E-state index contributed by atoms with van der Waals surface area (Å²) in [6.07, 6.45) is 2.57. The number of piperidine rings is 1. The van der Waals surface area contributed by atoms with Gasteiger partial charge < -0.3 is 4.74 Å². The fourth-order valence-electron chi connectivity index (χ4n) is 3.14. The second kappa shape index (κ2) is 6.07. The number of carbonyl (C=O) groups excluding carboxylic acids is 1. The summed E-state index contributed by atoms with van der Waals surface area (Å²) in [5, 5.41) is 5.88. The van der Waals surface area contributed by atoms with Crippen LogP contribution in [0.3, 0.4) is 0 Å². The molecule has 118 valence electrons. The Balaban J connectivity index is 2.28. The fourth-order valence-corrected chi connectivity index (χ4v) is 3.81. The topological polar surface area (TPSA) is 38.8 Å². The van der Waals surface area contributed by atoms with Gasteiger partial charge in [-0.15, -0.1) is 0 Å². The van der Waals surface area contributed by atoms with Crippen molar-refractivity contribution in [1.29, 1.82) is 0 Å². The molecule has 1 aromatic heterocycles. The van der Waals surface area contributed by atoms with Crippen LogP contribution in [-0.4, -0.2) is 29.2 Å². The van der Waals surface area contributed by atoms with Crippen molar-refractivity contribution in [2.75, 3.05) is 7.11 Å². The average Bonchev–Trinajstić information content (AvgIpc) is 2.90. The largest absolute Gasteiger partial charge is 0.467 e. The Bertz CT molecular complexity index is 466. The highest BCUT2D eigenvalue weighted by Crippen LogP contribution is 2.40. The van der Waals surface area contributed by atoms with Crippen LogP contribution < -0.4 is 0 Å². The number of hydrogen-bond acceptors (Lipinski definition) is 5. The first-order valence-corrected chi connectivity index (χ1v) is 8.29. The van der Waals surface area contributed by atoms with Crippen LogP contribution in [0.2, 0.25) is 0 Å². The lowest BCUT2D eigenvalue weighted by Crippen LogP contribution is -2.58. The maximum absolute atomic E-state index is 12.1. The van der Waals surface area contributed by atoms with E-state index >= 15 is 0 Å². The minimum atomic E-state index is -0.696. The minimum absolute atomic E-state index is 0.107. The van der Waals surface area contributed by atoms with Crippen LogP contribution in [0.1, 0.15) is 58.6 Å². The van der Waals surface area contributed by atoms with Crippen LogP contribution >= 0.6 is 11.3 Å². The highest BCUT2D eigenvalue weighted by molar-refractivity contribution is 7.08. The zero-order valence-corrected chi connectivity index (χ0v) is 14.3. The molecule has 1 aromatic rings. The third-order valence-electron chi connectivity index (χ3n) is 4.15. The molecule has 0 bridgehead atoms. The Kier molecular flexibility index (Phi) is 4.76. The first kappa shape index (κ1) is 16.5. The van der Waals surface area contributed by atoms with Crippen LogP contribution in [-0.2, 0) is 14.4 Å². The second-order valence-corrected chi connectivity index (χ2v) is 7.62. The van der Waals surface area contributed by atoms with E-state index in [2.05, 4.69) is 27.7 Å². The molecule has 1 atom stereocenters. The molecule has 5 heteroatoms. The summed E-state index contributed by atoms with van der Waals surface area (Å²) < 4.78 is 4.93. The van der Waals surface area contributed by atoms with E-state index in [4.69, 9.17) is 9.57 Å². The van der Waals surface area contributed by atoms with Crippen LogP contribution in [0, 0.1) is 0 Å². The van der Waals surface area contributed by atoms with E-state index in [1.54, 1.807) is 11.3 Å². The number of methoxy groups -OCH3 is 1. The lowest BCUT2D eigenvalue weighted by molar-refractivity contribution is -0.304. The highest BCUT2D eigenvalue weighted by atomic mass is 32.1. The maximum atomic E-state index is 12.1. The smallest absolute Gasteiger partial charge is 0.341 e. The predicted molar refractivity (Wildman–Crippen MR) is 84.0 cm³/mol. The number of hydroxylamine groups is 2. The van der Waals surface area contributed by atoms with Crippen molar-refractivity contribution in [1.82, 2.24) is 5.06 Å². The van der Waals surface area contributed by atoms with Crippen molar-refractivity contribution in [2.24, 2.45) is 0 Å². The number of rotatable bonds is 4. The standard InChI is InChI=1S/C16H25NO3S/c1-15(2)8-6-9-16(3,4)17(15)20-13(14(18)19-5)12-7-10-21-11-12/h7,10-11,13H,6,8-9H2,1-5H3. The zero-order valence-electron chi connectivity index (χ0n) is 13.5. The molecule has 0 aliphatic carbocycles. The molecule has 4 nitrogen and oxygen atoms in total. The number of ether oxygens (including phenoxy) is 1. The maximum Gasteiger partial charge on any atom is 0.341 e. The third-order valence-corrected chi connectivity index (χ3v) is 4.85. The first-order valence-electron chi connectivity index (χ1n) is 7.35. The van der Waals surface area contributed by atoms with Crippen LogP contribution in [0.5, 0.6) is 0 Å². The molecule has 21 heavy (non-hydrogen) atoms. The Morgan fingerprint density at radius 3 is 2.38 bits per heavy atom. The number of carbonyl (C=O) groups is 1. The first-order chi connectivity index (χ1) is 9.78. The molecule has 1 fully saturated rings. The fraction of sp³-hybridized carbons (Fsp3) is 0.688. The number of hydrogen-bond donors (Lipinski definition) is 0. The highest BCUT2D eigenvalue weighted by Gasteiger charge is 2.45. The van der Waals surface area contributed by atoms with Gasteiger partial charge in [0.25, 0.3) is 0 Å². The quantitative estimate of drug-likeness (QED) is 0.790. The summed E-state index contributed by atoms with van der Waals surface area (Å²) in [7, 11) is 1.40. The Hall–Kier alpha value is -0.910. The number of thiophene rings is 1. The third kappa shape index (κ3) is 3.47. The van der Waals surface area contributed by atoms with E-state index in [0.717, 1.165) is 18.4 Å². The SMILES string of the molecule is COC(=O)C(ON1C(C)(C)CCCC1(C)C)c1ccsc1. The van der Waals surface area contributed by atoms with E-state index in [1.807, 2.05) is 21.9 Å². The normalized spacial score (nSPS) is 22.7. The van der Waals surface area contributed by atoms with Gasteiger partial charge in [0.05, 0.1) is 7.11 Å². The van der Waals surface area contributed by atoms with Crippen molar-refractivity contribution in [3.05, 3.63) is 22.4 Å². The molecule has 2 heterocycles. The van der Waals surface area contributed by atoms with Crippen molar-refractivity contribution >= 4 is 17.3 Å². The van der Waals surface area contributed by atoms with Gasteiger partial charge in [-0.2, -0.15) is 16.4 Å². The molecule has 1 saturated heterocycles. The molecule has 0 aromatic carbocycles. The van der Waals surface area contributed by atoms with Crippen molar-refractivity contribution in [3.63, 3.8) is 0 Å². The summed E-state index contributed by atoms with van der Waals surface area (Å²) in [4.78, 5) is 18.3. The summed E-state index contributed by atoms with van der Waals surface area (Å²) in [6, 6.07) is 1.91. The van der Waals surface area contributed by atoms with Gasteiger partial charge in [-0.1, -0.05) is 0 Å². The molecule has 0 radical (unpaired) electrons. The lowest BCUT2D eigenvalue weighted by Gasteiger charge is -2.52. The van der Waals surface area contributed by atoms with E-state index in [1.165, 1.54) is 13.5 Å². The zero-order chi connectivity index (χ0) is 15.7. The molecule has 1 aliphatic rings. The van der Waals surface area contributed by atoms with Crippen LogP contribution in [0.25, 0.3) is 0 Å². The van der Waals surface area contributed by atoms with Gasteiger partial charge in [0.1, 0.15) is 0 Å². The molecular weight excluding hydrogens is 286 g/mol. The number of esters is 1. The van der Waals surface area contributed by atoms with Gasteiger partial charge in [0.15, 0.2) is 0 Å². The molecule has 0 saturated carbocycles. The molecule has 0 N–H and O–H groups in total. The van der Waals surface area contributed by atoms with Gasteiger partial charge in [-0.05, 0) is 63.8 Å². The predicted octanol–water partition coefficient (Wildman–Crippen LogP) is 3.94. The second-order valence-electron chi connectivity index (χ2n) is 6.84. The van der Waals surface area contributed by atoms with Crippen molar-refractivity contribution < 1.29 is 14.4 Å². The average molecular weight is 311 g/mol. The summed E-state index contributed by atoms with van der Waals surface area (Å²) in [5.74, 6) is -0.356. The van der Waals surface area contributed by atoms with Gasteiger partial charge >= 0.3 is 5.97 Å². The van der Waals surface area contributed by atoms with Gasteiger partial charge in [-0.25, -0.2) is 4.79 Å². The summed E-state index contributed by atoms with van der Waals surface area (Å²) in [5.41, 5.74) is 0.637. The van der Waals surface area contributed by atoms with Crippen LogP contribution in [0.15, 0.2) is 16.8 Å². The monoisotopic (exact) mass is 311 g/mol. The molecule has 1 unspecified atom stereocenters. The Morgan fingerprint density at radius 2 is 1.90 bits per heavy atom. The molecule has 0 spiro atoms. The van der Waals surface area contributed by atoms with E-state index in [-0.39, 0.29) is 17.0 Å². The minimum Gasteiger partial charge on any atom is -0.467 e. The van der Waals surface area contributed by atoms with Gasteiger partial charge in [-0.3, -0.25) is 4.84 Å². The number of nitrogens with zero attached hydrogens (tertiary/aromatic N) is 1. The lowest BCUT2D eigenvalue weighted by atomic mass is 9.82. The van der Waals surface area contributed by atoms with E-state index in [0.29, 0.717) is 0 Å². The van der Waals surface area contributed by atoms with Crippen LogP contribution in [0.4, 0.5) is 0 Å². The van der Waals surface area contributed by atoms with E-state index in [9.17, 15) is 4.79 Å². The van der Waals surface area contributed by atoms with E-state index < -0.39 is 6.10 Å². The summed E-state index contributed by atoms with van der Waals surface area (Å²) in [6.45, 7) is 8.65. The Morgan fingerprint density at radius 1 is 1.29 bits per heavy atom. The van der Waals surface area contributed by atoms with Crippen molar-refractivity contribution in [2.45, 2.75) is 64.1 Å². The van der Waals surface area contributed by atoms with Crippen molar-refractivity contribution in [3.8, 4) is 0 Å². The summed E-state index contributed by atoms with van der Waals surface area (Å²) >= 11 is 1.55.